The number of carbonyl (C=O) groups excluding carboxylic acids is 1. The molecule has 2 aromatic carbocycles. The van der Waals surface area contributed by atoms with Gasteiger partial charge < -0.3 is 29.4 Å². The Morgan fingerprint density at radius 3 is 2.10 bits per heavy atom. The van der Waals surface area contributed by atoms with Gasteiger partial charge in [0.25, 0.3) is 0 Å². The molecule has 0 spiro atoms. The Morgan fingerprint density at radius 2 is 1.58 bits per heavy atom. The van der Waals surface area contributed by atoms with Crippen molar-refractivity contribution in [3.8, 4) is 28.7 Å². The minimum absolute atomic E-state index is 0.0654. The molecule has 0 bridgehead atoms. The van der Waals surface area contributed by atoms with Crippen molar-refractivity contribution in [2.45, 2.75) is 20.8 Å². The zero-order chi connectivity index (χ0) is 23.1. The molecule has 0 aliphatic rings. The predicted octanol–water partition coefficient (Wildman–Crippen LogP) is 4.62. The van der Waals surface area contributed by atoms with Gasteiger partial charge in [0.2, 0.25) is 11.5 Å². The molecular weight excluding hydrogens is 398 g/mol. The second-order valence-corrected chi connectivity index (χ2v) is 7.04. The Kier molecular flexibility index (Phi) is 8.19. The third-order valence-electron chi connectivity index (χ3n) is 4.79. The molecule has 31 heavy (non-hydrogen) atoms. The number of methoxy groups -OCH3 is 4. The first-order valence-corrected chi connectivity index (χ1v) is 9.98. The lowest BCUT2D eigenvalue weighted by molar-refractivity contribution is 0.102. The molecule has 0 aliphatic carbocycles. The number of allylic oxidation sites excluding steroid dienone is 1. The highest BCUT2D eigenvalue weighted by molar-refractivity contribution is 6.12. The summed E-state index contributed by atoms with van der Waals surface area (Å²) in [5.74, 6) is 2.00. The highest BCUT2D eigenvalue weighted by Gasteiger charge is 2.23. The number of ketones is 1. The quantitative estimate of drug-likeness (QED) is 0.335. The maximum atomic E-state index is 13.4. The third-order valence-corrected chi connectivity index (χ3v) is 4.79. The molecule has 7 heteroatoms. The molecule has 0 unspecified atom stereocenters. The SMILES string of the molecule is CCOc1cc(C(=O)/C(=C/c2cc(OC)c(OC)c(OC)c2OC)C(C)C)ccc1N. The van der Waals surface area contributed by atoms with Gasteiger partial charge in [-0.05, 0) is 43.2 Å². The lowest BCUT2D eigenvalue weighted by atomic mass is 9.92. The van der Waals surface area contributed by atoms with Crippen LogP contribution in [0.2, 0.25) is 0 Å². The number of hydrogen-bond donors (Lipinski definition) is 1. The minimum atomic E-state index is -0.133. The summed E-state index contributed by atoms with van der Waals surface area (Å²) in [5, 5.41) is 0. The van der Waals surface area contributed by atoms with Crippen molar-refractivity contribution in [2.24, 2.45) is 5.92 Å². The average molecular weight is 430 g/mol. The lowest BCUT2D eigenvalue weighted by Gasteiger charge is -2.19. The summed E-state index contributed by atoms with van der Waals surface area (Å²) in [7, 11) is 6.11. The molecule has 2 rings (SSSR count). The van der Waals surface area contributed by atoms with Crippen LogP contribution >= 0.6 is 0 Å². The monoisotopic (exact) mass is 429 g/mol. The first-order chi connectivity index (χ1) is 14.8. The second-order valence-electron chi connectivity index (χ2n) is 7.04. The predicted molar refractivity (Wildman–Crippen MR) is 122 cm³/mol. The fourth-order valence-electron chi connectivity index (χ4n) is 3.25. The Bertz CT molecular complexity index is 965. The van der Waals surface area contributed by atoms with Gasteiger partial charge in [-0.3, -0.25) is 4.79 Å². The number of nitrogen functional groups attached to an aromatic ring is 1. The fraction of sp³-hybridized carbons (Fsp3) is 0.375. The smallest absolute Gasteiger partial charge is 0.207 e. The van der Waals surface area contributed by atoms with Gasteiger partial charge in [0.05, 0.1) is 40.7 Å². The van der Waals surface area contributed by atoms with Gasteiger partial charge >= 0.3 is 0 Å². The van der Waals surface area contributed by atoms with Crippen molar-refractivity contribution >= 4 is 17.5 Å². The minimum Gasteiger partial charge on any atom is -0.493 e. The third kappa shape index (κ3) is 5.05. The van der Waals surface area contributed by atoms with Crippen molar-refractivity contribution < 1.29 is 28.5 Å². The second kappa shape index (κ2) is 10.6. The largest absolute Gasteiger partial charge is 0.493 e. The van der Waals surface area contributed by atoms with Crippen LogP contribution in [-0.4, -0.2) is 40.8 Å². The molecule has 0 amide bonds. The number of nitrogens with two attached hydrogens (primary N) is 1. The van der Waals surface area contributed by atoms with E-state index < -0.39 is 0 Å². The highest BCUT2D eigenvalue weighted by Crippen LogP contribution is 2.47. The number of ether oxygens (including phenoxy) is 5. The lowest BCUT2D eigenvalue weighted by Crippen LogP contribution is -2.10. The summed E-state index contributed by atoms with van der Waals surface area (Å²) >= 11 is 0. The summed E-state index contributed by atoms with van der Waals surface area (Å²) in [6.07, 6.45) is 1.78. The van der Waals surface area contributed by atoms with Gasteiger partial charge in [-0.15, -0.1) is 0 Å². The molecule has 2 aromatic rings. The Morgan fingerprint density at radius 1 is 0.935 bits per heavy atom. The summed E-state index contributed by atoms with van der Waals surface area (Å²) < 4.78 is 27.5. The van der Waals surface area contributed by atoms with E-state index in [-0.39, 0.29) is 11.7 Å². The van der Waals surface area contributed by atoms with E-state index >= 15 is 0 Å². The molecule has 0 radical (unpaired) electrons. The average Bonchev–Trinajstić information content (AvgIpc) is 2.76. The summed E-state index contributed by atoms with van der Waals surface area (Å²) in [6.45, 7) is 6.23. The van der Waals surface area contributed by atoms with Crippen LogP contribution < -0.4 is 29.4 Å². The van der Waals surface area contributed by atoms with Crippen LogP contribution in [0.3, 0.4) is 0 Å². The number of benzene rings is 2. The number of anilines is 1. The van der Waals surface area contributed by atoms with Crippen LogP contribution in [0.1, 0.15) is 36.7 Å². The summed E-state index contributed by atoms with van der Waals surface area (Å²) in [6, 6.07) is 6.80. The van der Waals surface area contributed by atoms with Gasteiger partial charge in [0.15, 0.2) is 17.3 Å². The normalized spacial score (nSPS) is 11.3. The Hall–Kier alpha value is -3.35. The van der Waals surface area contributed by atoms with Gasteiger partial charge in [-0.25, -0.2) is 0 Å². The summed E-state index contributed by atoms with van der Waals surface area (Å²) in [4.78, 5) is 13.4. The molecule has 0 saturated heterocycles. The molecule has 0 aliphatic heterocycles. The first kappa shape index (κ1) is 23.9. The van der Waals surface area contributed by atoms with Crippen molar-refractivity contribution in [3.63, 3.8) is 0 Å². The number of Topliss-reactive ketones (excluding diaryl/α,β-unsaturated/α-hetero) is 1. The summed E-state index contributed by atoms with van der Waals surface area (Å²) in [5.41, 5.74) is 8.15. The zero-order valence-corrected chi connectivity index (χ0v) is 19.2. The topological polar surface area (TPSA) is 89.2 Å². The molecule has 168 valence electrons. The highest BCUT2D eigenvalue weighted by atomic mass is 16.5. The molecule has 0 atom stereocenters. The van der Waals surface area contributed by atoms with E-state index in [0.29, 0.717) is 57.7 Å². The van der Waals surface area contributed by atoms with Crippen LogP contribution in [0.25, 0.3) is 6.08 Å². The van der Waals surface area contributed by atoms with E-state index in [1.165, 1.54) is 28.4 Å². The van der Waals surface area contributed by atoms with Crippen LogP contribution in [0, 0.1) is 5.92 Å². The van der Waals surface area contributed by atoms with E-state index in [0.717, 1.165) is 0 Å². The van der Waals surface area contributed by atoms with Gasteiger partial charge in [-0.2, -0.15) is 0 Å². The van der Waals surface area contributed by atoms with Crippen LogP contribution in [0.4, 0.5) is 5.69 Å². The standard InChI is InChI=1S/C24H31NO6/c1-8-31-19-12-15(9-10-18(19)25)21(26)17(14(2)3)11-16-13-20(27-4)23(29-6)24(30-7)22(16)28-5/h9-14H,8,25H2,1-7H3/b17-11+. The zero-order valence-electron chi connectivity index (χ0n) is 19.2. The van der Waals surface area contributed by atoms with E-state index in [1.54, 1.807) is 30.3 Å². The van der Waals surface area contributed by atoms with Crippen molar-refractivity contribution in [1.82, 2.24) is 0 Å². The van der Waals surface area contributed by atoms with Crippen molar-refractivity contribution in [2.75, 3.05) is 40.8 Å². The molecule has 2 N–H and O–H groups in total. The van der Waals surface area contributed by atoms with Gasteiger partial charge in [0.1, 0.15) is 5.75 Å². The van der Waals surface area contributed by atoms with Crippen LogP contribution in [0.15, 0.2) is 29.8 Å². The molecule has 0 aromatic heterocycles. The maximum Gasteiger partial charge on any atom is 0.207 e. The number of rotatable bonds is 10. The van der Waals surface area contributed by atoms with E-state index in [2.05, 4.69) is 0 Å². The molecule has 0 heterocycles. The van der Waals surface area contributed by atoms with Gasteiger partial charge in [-0.1, -0.05) is 13.8 Å². The maximum absolute atomic E-state index is 13.4. The van der Waals surface area contributed by atoms with Crippen LogP contribution in [-0.2, 0) is 0 Å². The molecule has 0 saturated carbocycles. The Labute approximate surface area is 183 Å². The van der Waals surface area contributed by atoms with E-state index in [9.17, 15) is 4.79 Å². The van der Waals surface area contributed by atoms with Crippen LogP contribution in [0.5, 0.6) is 28.7 Å². The molecule has 7 nitrogen and oxygen atoms in total. The van der Waals surface area contributed by atoms with Gasteiger partial charge in [0, 0.05) is 16.7 Å². The molecular formula is C24H31NO6. The Balaban J connectivity index is 2.66. The number of carbonyl (C=O) groups is 1. The van der Waals surface area contributed by atoms with Crippen molar-refractivity contribution in [1.29, 1.82) is 0 Å². The van der Waals surface area contributed by atoms with Crippen molar-refractivity contribution in [3.05, 3.63) is 41.0 Å². The number of hydrogen-bond acceptors (Lipinski definition) is 7. The fourth-order valence-corrected chi connectivity index (χ4v) is 3.25. The van der Waals surface area contributed by atoms with E-state index in [1.807, 2.05) is 20.8 Å². The first-order valence-electron chi connectivity index (χ1n) is 9.98. The van der Waals surface area contributed by atoms with E-state index in [4.69, 9.17) is 29.4 Å². The molecule has 0 fully saturated rings.